The van der Waals surface area contributed by atoms with Crippen LogP contribution in [0.15, 0.2) is 66.7 Å². The van der Waals surface area contributed by atoms with Crippen LogP contribution in [0.25, 0.3) is 0 Å². The maximum atomic E-state index is 14.0. The van der Waals surface area contributed by atoms with Crippen molar-refractivity contribution in [2.75, 3.05) is 31.1 Å². The van der Waals surface area contributed by atoms with Crippen molar-refractivity contribution in [2.45, 2.75) is 63.7 Å². The van der Waals surface area contributed by atoms with Gasteiger partial charge in [0, 0.05) is 62.8 Å². The molecule has 0 aromatic heterocycles. The molecule has 3 aromatic carbocycles. The summed E-state index contributed by atoms with van der Waals surface area (Å²) in [6.07, 6.45) is 3.69. The fraction of sp³-hybridized carbons (Fsp3) is 0.400. The van der Waals surface area contributed by atoms with Crippen LogP contribution in [0.1, 0.15) is 41.2 Å². The Morgan fingerprint density at radius 1 is 0.909 bits per heavy atom. The van der Waals surface area contributed by atoms with E-state index in [1.54, 1.807) is 6.92 Å². The molecule has 3 atom stereocenters. The number of carbonyl (C=O) groups excluding carboxylic acids is 3. The van der Waals surface area contributed by atoms with Gasteiger partial charge in [-0.25, -0.2) is 0 Å². The summed E-state index contributed by atoms with van der Waals surface area (Å²) in [6.45, 7) is 4.75. The van der Waals surface area contributed by atoms with Gasteiger partial charge in [0.15, 0.2) is 0 Å². The monoisotopic (exact) mass is 613 g/mol. The third-order valence-corrected chi connectivity index (χ3v) is 9.42. The molecule has 230 valence electrons. The zero-order valence-electron chi connectivity index (χ0n) is 25.2. The average Bonchev–Trinajstić information content (AvgIpc) is 3.04. The molecule has 0 spiro atoms. The van der Waals surface area contributed by atoms with E-state index in [-0.39, 0.29) is 23.8 Å². The summed E-state index contributed by atoms with van der Waals surface area (Å²) in [6, 6.07) is 21.1. The number of amides is 3. The minimum atomic E-state index is -0.683. The Balaban J connectivity index is 1.14. The lowest BCUT2D eigenvalue weighted by Gasteiger charge is -2.40. The van der Waals surface area contributed by atoms with Crippen molar-refractivity contribution in [3.05, 3.63) is 99.6 Å². The highest BCUT2D eigenvalue weighted by Gasteiger charge is 2.33. The lowest BCUT2D eigenvalue weighted by Crippen LogP contribution is -2.58. The zero-order valence-corrected chi connectivity index (χ0v) is 25.9. The van der Waals surface area contributed by atoms with Gasteiger partial charge in [-0.15, -0.1) is 0 Å². The van der Waals surface area contributed by atoms with Crippen LogP contribution < -0.4 is 20.9 Å². The van der Waals surface area contributed by atoms with Crippen LogP contribution in [0.4, 0.5) is 5.69 Å². The number of benzene rings is 3. The van der Waals surface area contributed by atoms with Crippen LogP contribution in [-0.2, 0) is 46.6 Å². The van der Waals surface area contributed by atoms with Crippen molar-refractivity contribution in [2.24, 2.45) is 0 Å². The van der Waals surface area contributed by atoms with E-state index < -0.39 is 12.1 Å². The lowest BCUT2D eigenvalue weighted by atomic mass is 9.86. The van der Waals surface area contributed by atoms with Crippen molar-refractivity contribution in [3.8, 4) is 0 Å². The first-order valence-electron chi connectivity index (χ1n) is 15.6. The largest absolute Gasteiger partial charge is 0.368 e. The number of nitrogens with one attached hydrogen (secondary N) is 3. The normalized spacial score (nSPS) is 20.2. The van der Waals surface area contributed by atoms with Crippen LogP contribution in [0.3, 0.4) is 0 Å². The topological polar surface area (TPSA) is 93.8 Å². The van der Waals surface area contributed by atoms with Gasteiger partial charge in [-0.3, -0.25) is 14.4 Å². The summed E-state index contributed by atoms with van der Waals surface area (Å²) < 4.78 is 0. The summed E-state index contributed by atoms with van der Waals surface area (Å²) in [5.41, 5.74) is 7.14. The smallest absolute Gasteiger partial charge is 0.245 e. The summed E-state index contributed by atoms with van der Waals surface area (Å²) in [4.78, 5) is 43.5. The molecule has 3 aliphatic rings. The molecule has 1 unspecified atom stereocenters. The first-order chi connectivity index (χ1) is 21.3. The van der Waals surface area contributed by atoms with Gasteiger partial charge in [-0.05, 0) is 71.7 Å². The highest BCUT2D eigenvalue weighted by Crippen LogP contribution is 2.31. The predicted octanol–water partition coefficient (Wildman–Crippen LogP) is 3.42. The number of hydrogen-bond acceptors (Lipinski definition) is 5. The minimum Gasteiger partial charge on any atom is -0.368 e. The number of hydrogen-bond donors (Lipinski definition) is 3. The van der Waals surface area contributed by atoms with E-state index in [1.165, 1.54) is 22.4 Å². The number of rotatable bonds is 7. The number of carbonyl (C=O) groups is 3. The van der Waals surface area contributed by atoms with Gasteiger partial charge in [-0.1, -0.05) is 60.1 Å². The number of aryl methyl sites for hydroxylation is 1. The second kappa shape index (κ2) is 13.4. The molecular weight excluding hydrogens is 574 g/mol. The summed E-state index contributed by atoms with van der Waals surface area (Å²) in [7, 11) is 0. The molecule has 2 aliphatic heterocycles. The van der Waals surface area contributed by atoms with E-state index in [4.69, 9.17) is 11.6 Å². The lowest BCUT2D eigenvalue weighted by molar-refractivity contribution is -0.137. The molecule has 0 saturated carbocycles. The van der Waals surface area contributed by atoms with E-state index in [0.29, 0.717) is 50.6 Å². The van der Waals surface area contributed by atoms with Crippen molar-refractivity contribution in [1.82, 2.24) is 20.9 Å². The maximum Gasteiger partial charge on any atom is 0.245 e. The zero-order chi connectivity index (χ0) is 30.6. The SMILES string of the molecule is CC(=O)NC1CCc2cccc(N3CCN(C(=O)[C@@H](Cc4ccc(Cl)cc4)NC(=O)[C@H]4Cc5ccccc5CN4)CC3)c2C1. The quantitative estimate of drug-likeness (QED) is 0.380. The second-order valence-electron chi connectivity index (χ2n) is 12.2. The van der Waals surface area contributed by atoms with E-state index in [0.717, 1.165) is 30.4 Å². The molecule has 1 fully saturated rings. The Hall–Kier alpha value is -3.88. The van der Waals surface area contributed by atoms with Gasteiger partial charge >= 0.3 is 0 Å². The summed E-state index contributed by atoms with van der Waals surface area (Å²) in [5, 5.41) is 10.2. The number of halogens is 1. The average molecular weight is 614 g/mol. The van der Waals surface area contributed by atoms with E-state index in [2.05, 4.69) is 51.2 Å². The van der Waals surface area contributed by atoms with Crippen molar-refractivity contribution < 1.29 is 14.4 Å². The standard InChI is InChI=1S/C35H40ClN5O3/c1-23(42)38-29-14-11-25-7-4-8-33(30(25)21-29)40-15-17-41(18-16-40)35(44)32(19-24-9-12-28(36)13-10-24)39-34(43)31-20-26-5-2-3-6-27(26)22-37-31/h2-10,12-13,29,31-32,37H,11,14-22H2,1H3,(H,38,42)(H,39,43)/t29?,31-,32-/m1/s1. The molecular formula is C35H40ClN5O3. The van der Waals surface area contributed by atoms with Crippen molar-refractivity contribution in [3.63, 3.8) is 0 Å². The minimum absolute atomic E-state index is 0.00684. The molecule has 9 heteroatoms. The van der Waals surface area contributed by atoms with Crippen LogP contribution in [0, 0.1) is 0 Å². The molecule has 3 aromatic rings. The highest BCUT2D eigenvalue weighted by molar-refractivity contribution is 6.30. The predicted molar refractivity (Wildman–Crippen MR) is 173 cm³/mol. The van der Waals surface area contributed by atoms with Crippen molar-refractivity contribution in [1.29, 1.82) is 0 Å². The molecule has 1 aliphatic carbocycles. The van der Waals surface area contributed by atoms with Crippen molar-refractivity contribution >= 4 is 35.0 Å². The first-order valence-corrected chi connectivity index (χ1v) is 16.0. The number of anilines is 1. The summed E-state index contributed by atoms with van der Waals surface area (Å²) >= 11 is 6.12. The Bertz CT molecular complexity index is 1520. The third-order valence-electron chi connectivity index (χ3n) is 9.17. The number of fused-ring (bicyclic) bond motifs is 2. The van der Waals surface area contributed by atoms with Gasteiger partial charge in [0.05, 0.1) is 6.04 Å². The molecule has 3 amide bonds. The fourth-order valence-corrected chi connectivity index (χ4v) is 6.96. The number of nitrogens with zero attached hydrogens (tertiary/aromatic N) is 2. The van der Waals surface area contributed by atoms with Crippen LogP contribution in [-0.4, -0.2) is 66.9 Å². The molecule has 44 heavy (non-hydrogen) atoms. The molecule has 0 radical (unpaired) electrons. The second-order valence-corrected chi connectivity index (χ2v) is 12.6. The molecule has 0 bridgehead atoms. The number of piperazine rings is 1. The molecule has 3 N–H and O–H groups in total. The van der Waals surface area contributed by atoms with Gasteiger partial charge < -0.3 is 25.8 Å². The van der Waals surface area contributed by atoms with Crippen LogP contribution in [0.5, 0.6) is 0 Å². The Kier molecular flexibility index (Phi) is 9.19. The first kappa shape index (κ1) is 30.2. The summed E-state index contributed by atoms with van der Waals surface area (Å²) in [5.74, 6) is -0.215. The maximum absolute atomic E-state index is 14.0. The highest BCUT2D eigenvalue weighted by atomic mass is 35.5. The van der Waals surface area contributed by atoms with E-state index in [1.807, 2.05) is 41.3 Å². The van der Waals surface area contributed by atoms with E-state index in [9.17, 15) is 14.4 Å². The fourth-order valence-electron chi connectivity index (χ4n) is 6.83. The van der Waals surface area contributed by atoms with Gasteiger partial charge in [-0.2, -0.15) is 0 Å². The Labute approximate surface area is 264 Å². The van der Waals surface area contributed by atoms with Gasteiger partial charge in [0.25, 0.3) is 0 Å². The molecule has 1 saturated heterocycles. The van der Waals surface area contributed by atoms with Crippen LogP contribution in [0.2, 0.25) is 5.02 Å². The molecule has 8 nitrogen and oxygen atoms in total. The molecule has 2 heterocycles. The Morgan fingerprint density at radius 3 is 2.39 bits per heavy atom. The third kappa shape index (κ3) is 6.92. The van der Waals surface area contributed by atoms with E-state index >= 15 is 0 Å². The van der Waals surface area contributed by atoms with Crippen LogP contribution >= 0.6 is 11.6 Å². The van der Waals surface area contributed by atoms with Gasteiger partial charge in [0.2, 0.25) is 17.7 Å². The van der Waals surface area contributed by atoms with Gasteiger partial charge in [0.1, 0.15) is 6.04 Å². The molecule has 6 rings (SSSR count). The Morgan fingerprint density at radius 2 is 1.64 bits per heavy atom.